The molecule has 0 spiro atoms. The van der Waals surface area contributed by atoms with Gasteiger partial charge in [-0.3, -0.25) is 4.79 Å². The van der Waals surface area contributed by atoms with Gasteiger partial charge in [0.1, 0.15) is 0 Å². The maximum absolute atomic E-state index is 13.2. The molecule has 0 unspecified atom stereocenters. The van der Waals surface area contributed by atoms with Crippen LogP contribution in [0.1, 0.15) is 11.1 Å². The number of rotatable bonds is 3. The highest BCUT2D eigenvalue weighted by Crippen LogP contribution is 2.38. The van der Waals surface area contributed by atoms with Gasteiger partial charge in [-0.2, -0.15) is 0 Å². The molecule has 3 nitrogen and oxygen atoms in total. The van der Waals surface area contributed by atoms with Crippen LogP contribution in [-0.2, 0) is 14.4 Å². The van der Waals surface area contributed by atoms with Crippen molar-refractivity contribution >= 4 is 17.5 Å². The molecule has 0 aromatic heterocycles. The Labute approximate surface area is 135 Å². The predicted molar refractivity (Wildman–Crippen MR) is 86.9 cm³/mol. The smallest absolute Gasteiger partial charge is 0.253 e. The van der Waals surface area contributed by atoms with Crippen molar-refractivity contribution in [1.82, 2.24) is 4.90 Å². The third kappa shape index (κ3) is 2.74. The standard InChI is InChI=1S/C18H18ClNO2/c19-18(15-7-3-1-4-8-15,16-9-5-2-6-10-16)17(21)20-11-13-22-14-12-20/h1-10H,11-14H2. The van der Waals surface area contributed by atoms with Crippen LogP contribution >= 0.6 is 11.6 Å². The van der Waals surface area contributed by atoms with Gasteiger partial charge in [0.2, 0.25) is 0 Å². The molecule has 1 heterocycles. The third-order valence-electron chi connectivity index (χ3n) is 3.94. The molecule has 2 aromatic rings. The van der Waals surface area contributed by atoms with Crippen molar-refractivity contribution in [3.05, 3.63) is 71.8 Å². The average Bonchev–Trinajstić information content (AvgIpc) is 2.62. The van der Waals surface area contributed by atoms with E-state index in [0.717, 1.165) is 11.1 Å². The predicted octanol–water partition coefficient (Wildman–Crippen LogP) is 3.03. The Morgan fingerprint density at radius 3 is 1.82 bits per heavy atom. The van der Waals surface area contributed by atoms with E-state index in [1.165, 1.54) is 0 Å². The van der Waals surface area contributed by atoms with Crippen LogP contribution in [0.15, 0.2) is 60.7 Å². The summed E-state index contributed by atoms with van der Waals surface area (Å²) < 4.78 is 5.34. The van der Waals surface area contributed by atoms with Gasteiger partial charge in [0.25, 0.3) is 5.91 Å². The zero-order chi connectivity index (χ0) is 15.4. The van der Waals surface area contributed by atoms with E-state index in [-0.39, 0.29) is 5.91 Å². The number of hydrogen-bond donors (Lipinski definition) is 0. The Balaban J connectivity index is 2.05. The maximum atomic E-state index is 13.2. The number of carbonyl (C=O) groups is 1. The first-order valence-corrected chi connectivity index (χ1v) is 7.78. The number of halogens is 1. The summed E-state index contributed by atoms with van der Waals surface area (Å²) >= 11 is 6.94. The summed E-state index contributed by atoms with van der Waals surface area (Å²) in [5.41, 5.74) is 1.58. The number of ether oxygens (including phenoxy) is 1. The van der Waals surface area contributed by atoms with E-state index < -0.39 is 4.87 Å². The minimum absolute atomic E-state index is 0.0881. The molecular formula is C18H18ClNO2. The second-order valence-electron chi connectivity index (χ2n) is 5.30. The number of morpholine rings is 1. The van der Waals surface area contributed by atoms with Gasteiger partial charge in [0, 0.05) is 13.1 Å². The second-order valence-corrected chi connectivity index (χ2v) is 5.86. The SMILES string of the molecule is O=C(N1CCOCC1)C(Cl)(c1ccccc1)c1ccccc1. The van der Waals surface area contributed by atoms with Crippen molar-refractivity contribution < 1.29 is 9.53 Å². The minimum atomic E-state index is -1.19. The van der Waals surface area contributed by atoms with E-state index >= 15 is 0 Å². The van der Waals surface area contributed by atoms with E-state index in [1.807, 2.05) is 60.7 Å². The number of nitrogens with zero attached hydrogens (tertiary/aromatic N) is 1. The summed E-state index contributed by atoms with van der Waals surface area (Å²) in [4.78, 5) is 13.8. The van der Waals surface area contributed by atoms with Crippen LogP contribution in [0.4, 0.5) is 0 Å². The topological polar surface area (TPSA) is 29.5 Å². The molecule has 1 saturated heterocycles. The van der Waals surface area contributed by atoms with E-state index in [0.29, 0.717) is 26.3 Å². The van der Waals surface area contributed by atoms with Gasteiger partial charge in [-0.25, -0.2) is 0 Å². The van der Waals surface area contributed by atoms with Crippen LogP contribution in [0, 0.1) is 0 Å². The fraction of sp³-hybridized carbons (Fsp3) is 0.278. The first-order chi connectivity index (χ1) is 10.7. The van der Waals surface area contributed by atoms with E-state index in [4.69, 9.17) is 16.3 Å². The zero-order valence-corrected chi connectivity index (χ0v) is 13.0. The number of benzene rings is 2. The number of carbonyl (C=O) groups excluding carboxylic acids is 1. The van der Waals surface area contributed by atoms with Crippen molar-refractivity contribution in [2.45, 2.75) is 4.87 Å². The number of amides is 1. The molecule has 4 heteroatoms. The van der Waals surface area contributed by atoms with Crippen LogP contribution in [0.25, 0.3) is 0 Å². The van der Waals surface area contributed by atoms with Gasteiger partial charge in [0.05, 0.1) is 13.2 Å². The molecule has 0 N–H and O–H groups in total. The molecule has 0 bridgehead atoms. The van der Waals surface area contributed by atoms with Crippen molar-refractivity contribution in [3.8, 4) is 0 Å². The molecule has 1 aliphatic rings. The summed E-state index contributed by atoms with van der Waals surface area (Å²) in [5.74, 6) is -0.0881. The van der Waals surface area contributed by atoms with E-state index in [1.54, 1.807) is 4.90 Å². The second kappa shape index (κ2) is 6.51. The zero-order valence-electron chi connectivity index (χ0n) is 12.2. The number of hydrogen-bond acceptors (Lipinski definition) is 2. The lowest BCUT2D eigenvalue weighted by atomic mass is 9.89. The molecule has 3 rings (SSSR count). The Morgan fingerprint density at radius 2 is 1.36 bits per heavy atom. The van der Waals surface area contributed by atoms with Crippen LogP contribution in [0.2, 0.25) is 0 Å². The average molecular weight is 316 g/mol. The Bertz CT molecular complexity index is 585. The van der Waals surface area contributed by atoms with Gasteiger partial charge >= 0.3 is 0 Å². The van der Waals surface area contributed by atoms with Crippen LogP contribution in [0.5, 0.6) is 0 Å². The summed E-state index contributed by atoms with van der Waals surface area (Å²) in [6, 6.07) is 19.1. The largest absolute Gasteiger partial charge is 0.378 e. The lowest BCUT2D eigenvalue weighted by molar-refractivity contribution is -0.137. The summed E-state index contributed by atoms with van der Waals surface area (Å²) in [5, 5.41) is 0. The van der Waals surface area contributed by atoms with Crippen LogP contribution in [-0.4, -0.2) is 37.1 Å². The molecule has 0 aliphatic carbocycles. The van der Waals surface area contributed by atoms with Gasteiger partial charge in [-0.05, 0) is 11.1 Å². The van der Waals surface area contributed by atoms with E-state index in [9.17, 15) is 4.79 Å². The molecule has 1 aliphatic heterocycles. The molecule has 0 atom stereocenters. The van der Waals surface area contributed by atoms with Crippen molar-refractivity contribution in [3.63, 3.8) is 0 Å². The molecular weight excluding hydrogens is 298 g/mol. The quantitative estimate of drug-likeness (QED) is 0.815. The van der Waals surface area contributed by atoms with Crippen molar-refractivity contribution in [2.75, 3.05) is 26.3 Å². The highest BCUT2D eigenvalue weighted by Gasteiger charge is 2.43. The highest BCUT2D eigenvalue weighted by molar-refractivity contribution is 6.37. The molecule has 2 aromatic carbocycles. The lowest BCUT2D eigenvalue weighted by Crippen LogP contribution is -2.49. The van der Waals surface area contributed by atoms with Crippen molar-refractivity contribution in [1.29, 1.82) is 0 Å². The first-order valence-electron chi connectivity index (χ1n) is 7.40. The fourth-order valence-electron chi connectivity index (χ4n) is 2.73. The molecule has 0 saturated carbocycles. The van der Waals surface area contributed by atoms with E-state index in [2.05, 4.69) is 0 Å². The summed E-state index contributed by atoms with van der Waals surface area (Å²) in [6.07, 6.45) is 0. The molecule has 22 heavy (non-hydrogen) atoms. The van der Waals surface area contributed by atoms with Gasteiger partial charge in [-0.1, -0.05) is 72.3 Å². The summed E-state index contributed by atoms with van der Waals surface area (Å²) in [7, 11) is 0. The number of alkyl halides is 1. The van der Waals surface area contributed by atoms with Crippen molar-refractivity contribution in [2.24, 2.45) is 0 Å². The molecule has 114 valence electrons. The Morgan fingerprint density at radius 1 is 0.909 bits per heavy atom. The van der Waals surface area contributed by atoms with Crippen LogP contribution in [0.3, 0.4) is 0 Å². The van der Waals surface area contributed by atoms with Gasteiger partial charge < -0.3 is 9.64 Å². The molecule has 0 radical (unpaired) electrons. The highest BCUT2D eigenvalue weighted by atomic mass is 35.5. The monoisotopic (exact) mass is 315 g/mol. The summed E-state index contributed by atoms with van der Waals surface area (Å²) in [6.45, 7) is 2.27. The molecule has 1 fully saturated rings. The van der Waals surface area contributed by atoms with Gasteiger partial charge in [0.15, 0.2) is 4.87 Å². The maximum Gasteiger partial charge on any atom is 0.253 e. The Hall–Kier alpha value is -1.84. The normalized spacial score (nSPS) is 15.6. The minimum Gasteiger partial charge on any atom is -0.378 e. The lowest BCUT2D eigenvalue weighted by Gasteiger charge is -2.35. The van der Waals surface area contributed by atoms with Crippen LogP contribution < -0.4 is 0 Å². The third-order valence-corrected chi connectivity index (χ3v) is 4.53. The fourth-order valence-corrected chi connectivity index (χ4v) is 3.11. The first kappa shape index (κ1) is 15.1. The molecule has 1 amide bonds. The Kier molecular flexibility index (Phi) is 4.46. The van der Waals surface area contributed by atoms with Gasteiger partial charge in [-0.15, -0.1) is 0 Å².